The number of likely N-dealkylation sites (N-methyl/N-ethyl adjacent to an activating group) is 1. The van der Waals surface area contributed by atoms with Gasteiger partial charge in [0.1, 0.15) is 52.3 Å². The van der Waals surface area contributed by atoms with Crippen LogP contribution < -0.4 is 31.8 Å². The van der Waals surface area contributed by atoms with E-state index in [4.69, 9.17) is 19.6 Å². The molecule has 2 bridgehead atoms. The van der Waals surface area contributed by atoms with Crippen molar-refractivity contribution in [3.63, 3.8) is 0 Å². The molecule has 12 heteroatoms. The number of carbonyl (C=O) groups excluding carboxylic acids is 1. The van der Waals surface area contributed by atoms with E-state index in [2.05, 4.69) is 34.2 Å². The monoisotopic (exact) mass is 750 g/mol. The molecule has 290 valence electrons. The molecule has 5 heterocycles. The Kier molecular flexibility index (Phi) is 10.6. The van der Waals surface area contributed by atoms with Gasteiger partial charge in [0.2, 0.25) is 0 Å². The van der Waals surface area contributed by atoms with Crippen molar-refractivity contribution in [2.24, 2.45) is 11.7 Å². The highest BCUT2D eigenvalue weighted by molar-refractivity contribution is 5.92. The second-order valence-corrected chi connectivity index (χ2v) is 14.9. The lowest BCUT2D eigenvalue weighted by molar-refractivity contribution is -0.165. The lowest BCUT2D eigenvalue weighted by atomic mass is 9.70. The Morgan fingerprint density at radius 2 is 2.04 bits per heavy atom. The Morgan fingerprint density at radius 3 is 2.75 bits per heavy atom. The van der Waals surface area contributed by atoms with E-state index in [1.165, 1.54) is 6.07 Å². The maximum atomic E-state index is 13.9. The minimum absolute atomic E-state index is 0.00425. The van der Waals surface area contributed by atoms with E-state index >= 15 is 0 Å². The van der Waals surface area contributed by atoms with Crippen LogP contribution in [0.15, 0.2) is 98.2 Å². The third-order valence-electron chi connectivity index (χ3n) is 11.6. The van der Waals surface area contributed by atoms with Crippen LogP contribution in [-0.4, -0.2) is 52.2 Å². The van der Waals surface area contributed by atoms with E-state index in [1.54, 1.807) is 38.1 Å². The SMILES string of the molecule is CC=C(C)C(=O)OC1Cc2c3c(c4oc(CO)cc(=O)c4c2O)C(Cc2cccc(O)c2)C2=CCNC(N)=C2CCC(CC2=CNC(NCC)C=C2)C1(C)O3. The minimum atomic E-state index is -1.16. The lowest BCUT2D eigenvalue weighted by Crippen LogP contribution is -2.56. The average Bonchev–Trinajstić information content (AvgIpc) is 3.16. The Hall–Kier alpha value is -5.46. The van der Waals surface area contributed by atoms with Crippen molar-refractivity contribution in [2.75, 3.05) is 13.1 Å². The van der Waals surface area contributed by atoms with E-state index in [0.717, 1.165) is 28.8 Å². The fraction of sp³-hybridized carbons (Fsp3) is 0.395. The first-order valence-corrected chi connectivity index (χ1v) is 19.0. The second-order valence-electron chi connectivity index (χ2n) is 14.9. The van der Waals surface area contributed by atoms with E-state index in [0.29, 0.717) is 60.5 Å². The van der Waals surface area contributed by atoms with Gasteiger partial charge in [0.05, 0.1) is 12.0 Å². The van der Waals surface area contributed by atoms with Gasteiger partial charge in [-0.05, 0) is 93.5 Å². The van der Waals surface area contributed by atoms with Crippen LogP contribution in [0.2, 0.25) is 0 Å². The van der Waals surface area contributed by atoms with Gasteiger partial charge in [-0.1, -0.05) is 37.3 Å². The number of carbonyl (C=O) groups is 1. The van der Waals surface area contributed by atoms with Crippen molar-refractivity contribution < 1.29 is 34.0 Å². The second kappa shape index (κ2) is 15.3. The predicted molar refractivity (Wildman–Crippen MR) is 209 cm³/mol. The quantitative estimate of drug-likeness (QED) is 0.114. The number of fused-ring (bicyclic) bond motifs is 4. The molecule has 8 N–H and O–H groups in total. The highest BCUT2D eigenvalue weighted by Crippen LogP contribution is 2.55. The molecular formula is C43H50N4O8. The topological polar surface area (TPSA) is 189 Å². The summed E-state index contributed by atoms with van der Waals surface area (Å²) in [5, 5.41) is 42.9. The number of benzene rings is 2. The first-order chi connectivity index (χ1) is 26.4. The van der Waals surface area contributed by atoms with Crippen molar-refractivity contribution >= 4 is 16.9 Å². The molecule has 5 atom stereocenters. The molecular weight excluding hydrogens is 700 g/mol. The summed E-state index contributed by atoms with van der Waals surface area (Å²) in [6, 6.07) is 8.16. The van der Waals surface area contributed by atoms with Crippen molar-refractivity contribution in [2.45, 2.75) is 90.2 Å². The van der Waals surface area contributed by atoms with E-state index in [-0.39, 0.29) is 46.7 Å². The van der Waals surface area contributed by atoms with Gasteiger partial charge >= 0.3 is 5.97 Å². The number of allylic oxidation sites excluding steroid dienone is 5. The highest BCUT2D eigenvalue weighted by Gasteiger charge is 2.52. The molecule has 3 aromatic rings. The van der Waals surface area contributed by atoms with Gasteiger partial charge in [-0.3, -0.25) is 10.1 Å². The number of hydrogen-bond donors (Lipinski definition) is 7. The summed E-state index contributed by atoms with van der Waals surface area (Å²) in [6.45, 7) is 8.17. The third-order valence-corrected chi connectivity index (χ3v) is 11.6. The summed E-state index contributed by atoms with van der Waals surface area (Å²) < 4.78 is 20.0. The number of ether oxygens (including phenoxy) is 2. The summed E-state index contributed by atoms with van der Waals surface area (Å²) in [4.78, 5) is 27.5. The first-order valence-electron chi connectivity index (χ1n) is 19.0. The van der Waals surface area contributed by atoms with Gasteiger partial charge < -0.3 is 45.6 Å². The summed E-state index contributed by atoms with van der Waals surface area (Å²) in [6.07, 6.45) is 11.1. The van der Waals surface area contributed by atoms with E-state index in [9.17, 15) is 24.9 Å². The number of aliphatic hydroxyl groups excluding tert-OH is 1. The average molecular weight is 751 g/mol. The maximum Gasteiger partial charge on any atom is 0.333 e. The summed E-state index contributed by atoms with van der Waals surface area (Å²) in [5.74, 6) is -0.658. The van der Waals surface area contributed by atoms with Crippen LogP contribution in [0.4, 0.5) is 0 Å². The van der Waals surface area contributed by atoms with Gasteiger partial charge in [-0.25, -0.2) is 4.79 Å². The smallest absolute Gasteiger partial charge is 0.333 e. The van der Waals surface area contributed by atoms with Crippen molar-refractivity contribution in [3.05, 3.63) is 122 Å². The van der Waals surface area contributed by atoms with Gasteiger partial charge in [0.15, 0.2) is 5.43 Å². The van der Waals surface area contributed by atoms with Crippen LogP contribution in [0, 0.1) is 5.92 Å². The third kappa shape index (κ3) is 7.12. The van der Waals surface area contributed by atoms with Crippen LogP contribution in [0.1, 0.15) is 75.3 Å². The molecule has 55 heavy (non-hydrogen) atoms. The molecule has 0 fully saturated rings. The molecule has 4 aliphatic rings. The predicted octanol–water partition coefficient (Wildman–Crippen LogP) is 5.07. The molecule has 5 unspecified atom stereocenters. The molecule has 0 saturated heterocycles. The van der Waals surface area contributed by atoms with Gasteiger partial charge in [0, 0.05) is 53.8 Å². The Morgan fingerprint density at radius 1 is 1.22 bits per heavy atom. The zero-order valence-electron chi connectivity index (χ0n) is 31.7. The van der Waals surface area contributed by atoms with Gasteiger partial charge in [0.25, 0.3) is 0 Å². The number of esters is 1. The zero-order chi connectivity index (χ0) is 39.0. The number of aliphatic hydroxyl groups is 1. The summed E-state index contributed by atoms with van der Waals surface area (Å²) in [5.41, 5.74) is 10.1. The largest absolute Gasteiger partial charge is 0.508 e. The Bertz CT molecular complexity index is 2230. The molecule has 0 aliphatic carbocycles. The van der Waals surface area contributed by atoms with Crippen LogP contribution in [0.3, 0.4) is 0 Å². The summed E-state index contributed by atoms with van der Waals surface area (Å²) >= 11 is 0. The van der Waals surface area contributed by atoms with Gasteiger partial charge in [-0.2, -0.15) is 0 Å². The van der Waals surface area contributed by atoms with Crippen molar-refractivity contribution in [3.8, 4) is 17.2 Å². The summed E-state index contributed by atoms with van der Waals surface area (Å²) in [7, 11) is 0. The number of nitrogens with two attached hydrogens (primary N) is 1. The molecule has 0 amide bonds. The Balaban J connectivity index is 1.51. The van der Waals surface area contributed by atoms with Crippen molar-refractivity contribution in [1.82, 2.24) is 16.0 Å². The number of hydrogen-bond acceptors (Lipinski definition) is 12. The van der Waals surface area contributed by atoms with Crippen molar-refractivity contribution in [1.29, 1.82) is 0 Å². The molecule has 0 radical (unpaired) electrons. The fourth-order valence-electron chi connectivity index (χ4n) is 8.46. The number of dihydropyridines is 2. The fourth-order valence-corrected chi connectivity index (χ4v) is 8.46. The molecule has 1 aromatic heterocycles. The first kappa shape index (κ1) is 37.8. The van der Waals surface area contributed by atoms with Crippen LogP contribution in [0.5, 0.6) is 17.2 Å². The maximum absolute atomic E-state index is 13.9. The molecule has 2 aromatic carbocycles. The molecule has 4 aliphatic heterocycles. The zero-order valence-corrected chi connectivity index (χ0v) is 31.7. The number of phenolic OH excluding ortho intramolecular Hbond substituents is 2. The number of nitrogens with one attached hydrogen (secondary N) is 3. The van der Waals surface area contributed by atoms with Crippen LogP contribution >= 0.6 is 0 Å². The molecule has 12 nitrogen and oxygen atoms in total. The van der Waals surface area contributed by atoms with E-state index in [1.807, 2.05) is 26.1 Å². The standard InChI is InChI=1S/C43H50N4O8/c1-5-23(3)42(52)54-34-20-32-38(51)37-33(50)19-28(22-48)53-40(37)36-31(18-24-8-7-9-27(49)17-24)29-14-15-46-41(44)30(29)12-11-26(43(34,4)55-39(32)36)16-25-10-13-35(45-6-2)47-21-25/h5,7-10,13-14,17,19,21,26,31,34-35,45-49,51H,6,11-12,15-16,18,20,22,44H2,1-4H3. The molecule has 0 spiro atoms. The van der Waals surface area contributed by atoms with E-state index < -0.39 is 35.6 Å². The number of phenols is 2. The van der Waals surface area contributed by atoms with Crippen LogP contribution in [0.25, 0.3) is 11.0 Å². The number of rotatable bonds is 9. The lowest BCUT2D eigenvalue weighted by Gasteiger charge is -2.48. The molecule has 7 rings (SSSR count). The van der Waals surface area contributed by atoms with Gasteiger partial charge in [-0.15, -0.1) is 0 Å². The highest BCUT2D eigenvalue weighted by atomic mass is 16.6. The van der Waals surface area contributed by atoms with Crippen LogP contribution in [-0.2, 0) is 29.0 Å². The minimum Gasteiger partial charge on any atom is -0.508 e. The Labute approximate surface area is 320 Å². The number of aromatic hydroxyl groups is 2. The normalized spacial score (nSPS) is 24.9. The molecule has 0 saturated carbocycles.